The van der Waals surface area contributed by atoms with Crippen molar-refractivity contribution in [1.29, 1.82) is 0 Å². The SMILES string of the molecule is NC(C(=O)NCC1CC2CCC1C2)c1ccccc1. The summed E-state index contributed by atoms with van der Waals surface area (Å²) < 4.78 is 0. The summed E-state index contributed by atoms with van der Waals surface area (Å²) in [5.41, 5.74) is 6.87. The Morgan fingerprint density at radius 3 is 2.68 bits per heavy atom. The predicted molar refractivity (Wildman–Crippen MR) is 75.3 cm³/mol. The fraction of sp³-hybridized carbons (Fsp3) is 0.562. The normalized spacial score (nSPS) is 30.3. The first-order valence-corrected chi connectivity index (χ1v) is 7.32. The molecule has 3 rings (SSSR count). The third-order valence-electron chi connectivity index (χ3n) is 4.86. The average Bonchev–Trinajstić information content (AvgIpc) is 3.07. The van der Waals surface area contributed by atoms with Gasteiger partial charge in [0.2, 0.25) is 5.91 Å². The van der Waals surface area contributed by atoms with E-state index in [9.17, 15) is 4.79 Å². The first kappa shape index (κ1) is 12.7. The molecule has 1 amide bonds. The second-order valence-electron chi connectivity index (χ2n) is 6.07. The Kier molecular flexibility index (Phi) is 3.56. The Morgan fingerprint density at radius 2 is 2.05 bits per heavy atom. The maximum Gasteiger partial charge on any atom is 0.241 e. The summed E-state index contributed by atoms with van der Waals surface area (Å²) in [4.78, 5) is 12.1. The molecule has 2 aliphatic rings. The van der Waals surface area contributed by atoms with Crippen LogP contribution in [-0.4, -0.2) is 12.5 Å². The standard InChI is InChI=1S/C16H22N2O/c17-15(12-4-2-1-3-5-12)16(19)18-10-14-9-11-6-7-13(14)8-11/h1-5,11,13-15H,6-10,17H2,(H,18,19). The summed E-state index contributed by atoms with van der Waals surface area (Å²) in [5, 5.41) is 3.04. The van der Waals surface area contributed by atoms with Crippen LogP contribution in [0.25, 0.3) is 0 Å². The van der Waals surface area contributed by atoms with Crippen LogP contribution in [0.2, 0.25) is 0 Å². The molecule has 102 valence electrons. The van der Waals surface area contributed by atoms with Gasteiger partial charge in [0.15, 0.2) is 0 Å². The second-order valence-corrected chi connectivity index (χ2v) is 6.07. The predicted octanol–water partition coefficient (Wildman–Crippen LogP) is 2.24. The molecule has 1 aromatic rings. The van der Waals surface area contributed by atoms with Crippen LogP contribution in [0.4, 0.5) is 0 Å². The molecule has 0 aliphatic heterocycles. The molecule has 2 fully saturated rings. The van der Waals surface area contributed by atoms with E-state index in [0.29, 0.717) is 5.92 Å². The van der Waals surface area contributed by atoms with E-state index in [-0.39, 0.29) is 5.91 Å². The summed E-state index contributed by atoms with van der Waals surface area (Å²) in [6.07, 6.45) is 5.44. The Labute approximate surface area is 114 Å². The largest absolute Gasteiger partial charge is 0.354 e. The monoisotopic (exact) mass is 258 g/mol. The topological polar surface area (TPSA) is 55.1 Å². The molecule has 0 spiro atoms. The summed E-state index contributed by atoms with van der Waals surface area (Å²) in [7, 11) is 0. The van der Waals surface area contributed by atoms with E-state index in [0.717, 1.165) is 23.9 Å². The number of hydrogen-bond donors (Lipinski definition) is 2. The van der Waals surface area contributed by atoms with Gasteiger partial charge in [-0.2, -0.15) is 0 Å². The zero-order chi connectivity index (χ0) is 13.2. The van der Waals surface area contributed by atoms with E-state index in [4.69, 9.17) is 5.73 Å². The van der Waals surface area contributed by atoms with Gasteiger partial charge in [-0.25, -0.2) is 0 Å². The van der Waals surface area contributed by atoms with E-state index < -0.39 is 6.04 Å². The van der Waals surface area contributed by atoms with Crippen molar-refractivity contribution < 1.29 is 4.79 Å². The van der Waals surface area contributed by atoms with Gasteiger partial charge in [-0.3, -0.25) is 4.79 Å². The Bertz CT molecular complexity index is 445. The fourth-order valence-electron chi connectivity index (χ4n) is 3.78. The molecular formula is C16H22N2O. The van der Waals surface area contributed by atoms with Crippen LogP contribution >= 0.6 is 0 Å². The second kappa shape index (κ2) is 5.33. The maximum atomic E-state index is 12.1. The zero-order valence-corrected chi connectivity index (χ0v) is 11.2. The smallest absolute Gasteiger partial charge is 0.241 e. The van der Waals surface area contributed by atoms with Crippen molar-refractivity contribution in [3.05, 3.63) is 35.9 Å². The zero-order valence-electron chi connectivity index (χ0n) is 11.2. The molecule has 3 N–H and O–H groups in total. The molecule has 0 radical (unpaired) electrons. The van der Waals surface area contributed by atoms with Gasteiger partial charge in [0.25, 0.3) is 0 Å². The third kappa shape index (κ3) is 2.66. The van der Waals surface area contributed by atoms with Gasteiger partial charge >= 0.3 is 0 Å². The van der Waals surface area contributed by atoms with Gasteiger partial charge in [0.1, 0.15) is 6.04 Å². The maximum absolute atomic E-state index is 12.1. The van der Waals surface area contributed by atoms with E-state index in [2.05, 4.69) is 5.32 Å². The van der Waals surface area contributed by atoms with Gasteiger partial charge < -0.3 is 11.1 Å². The number of carbonyl (C=O) groups is 1. The van der Waals surface area contributed by atoms with Crippen LogP contribution in [0.5, 0.6) is 0 Å². The molecular weight excluding hydrogens is 236 g/mol. The van der Waals surface area contributed by atoms with E-state index in [1.54, 1.807) is 0 Å². The minimum atomic E-state index is -0.542. The number of carbonyl (C=O) groups excluding carboxylic acids is 1. The van der Waals surface area contributed by atoms with Gasteiger partial charge in [0.05, 0.1) is 0 Å². The minimum absolute atomic E-state index is 0.0472. The van der Waals surface area contributed by atoms with Crippen LogP contribution in [-0.2, 0) is 4.79 Å². The number of hydrogen-bond acceptors (Lipinski definition) is 2. The van der Waals surface area contributed by atoms with Crippen LogP contribution in [0.1, 0.15) is 37.3 Å². The Balaban J connectivity index is 1.51. The number of nitrogens with one attached hydrogen (secondary N) is 1. The van der Waals surface area contributed by atoms with Gasteiger partial charge in [-0.15, -0.1) is 0 Å². The highest BCUT2D eigenvalue weighted by atomic mass is 16.2. The molecule has 4 atom stereocenters. The lowest BCUT2D eigenvalue weighted by Crippen LogP contribution is -2.38. The van der Waals surface area contributed by atoms with Gasteiger partial charge in [0, 0.05) is 6.54 Å². The average molecular weight is 258 g/mol. The molecule has 3 nitrogen and oxygen atoms in total. The van der Waals surface area contributed by atoms with Crippen LogP contribution in [0.3, 0.4) is 0 Å². The molecule has 0 heterocycles. The third-order valence-corrected chi connectivity index (χ3v) is 4.86. The van der Waals surface area contributed by atoms with E-state index in [1.807, 2.05) is 30.3 Å². The first-order chi connectivity index (χ1) is 9.24. The molecule has 0 aromatic heterocycles. The molecule has 2 saturated carbocycles. The molecule has 0 saturated heterocycles. The van der Waals surface area contributed by atoms with E-state index >= 15 is 0 Å². The summed E-state index contributed by atoms with van der Waals surface area (Å²) in [5.74, 6) is 2.41. The molecule has 2 aliphatic carbocycles. The van der Waals surface area contributed by atoms with Crippen molar-refractivity contribution in [3.8, 4) is 0 Å². The number of nitrogens with two attached hydrogens (primary N) is 1. The highest BCUT2D eigenvalue weighted by Crippen LogP contribution is 2.47. The van der Waals surface area contributed by atoms with E-state index in [1.165, 1.54) is 25.7 Å². The van der Waals surface area contributed by atoms with Crippen molar-refractivity contribution in [2.24, 2.45) is 23.5 Å². The molecule has 19 heavy (non-hydrogen) atoms. The highest BCUT2D eigenvalue weighted by Gasteiger charge is 2.39. The number of benzene rings is 1. The Hall–Kier alpha value is -1.35. The van der Waals surface area contributed by atoms with Crippen LogP contribution < -0.4 is 11.1 Å². The van der Waals surface area contributed by atoms with Crippen molar-refractivity contribution in [3.63, 3.8) is 0 Å². The van der Waals surface area contributed by atoms with Crippen molar-refractivity contribution in [1.82, 2.24) is 5.32 Å². The highest BCUT2D eigenvalue weighted by molar-refractivity contribution is 5.82. The summed E-state index contributed by atoms with van der Waals surface area (Å²) in [6.45, 7) is 0.806. The van der Waals surface area contributed by atoms with Crippen LogP contribution in [0, 0.1) is 17.8 Å². The molecule has 3 heteroatoms. The van der Waals surface area contributed by atoms with Gasteiger partial charge in [-0.05, 0) is 42.6 Å². The summed E-state index contributed by atoms with van der Waals surface area (Å²) >= 11 is 0. The van der Waals surface area contributed by atoms with Crippen molar-refractivity contribution in [2.45, 2.75) is 31.7 Å². The number of amides is 1. The van der Waals surface area contributed by atoms with Crippen LogP contribution in [0.15, 0.2) is 30.3 Å². The lowest BCUT2D eigenvalue weighted by atomic mass is 9.89. The Morgan fingerprint density at radius 1 is 1.26 bits per heavy atom. The minimum Gasteiger partial charge on any atom is -0.354 e. The van der Waals surface area contributed by atoms with Crippen molar-refractivity contribution in [2.75, 3.05) is 6.54 Å². The number of rotatable bonds is 4. The number of fused-ring (bicyclic) bond motifs is 2. The molecule has 1 aromatic carbocycles. The summed E-state index contributed by atoms with van der Waals surface area (Å²) in [6, 6.07) is 9.03. The van der Waals surface area contributed by atoms with Gasteiger partial charge in [-0.1, -0.05) is 36.8 Å². The molecule has 2 bridgehead atoms. The molecule has 4 unspecified atom stereocenters. The first-order valence-electron chi connectivity index (χ1n) is 7.32. The fourth-order valence-corrected chi connectivity index (χ4v) is 3.78. The quantitative estimate of drug-likeness (QED) is 0.870. The van der Waals surface area contributed by atoms with Crippen molar-refractivity contribution >= 4 is 5.91 Å². The lowest BCUT2D eigenvalue weighted by molar-refractivity contribution is -0.122. The lowest BCUT2D eigenvalue weighted by Gasteiger charge is -2.22.